The van der Waals surface area contributed by atoms with Crippen LogP contribution < -0.4 is 0 Å². The molecule has 8 heteroatoms. The van der Waals surface area contributed by atoms with Gasteiger partial charge in [-0.05, 0) is 0 Å². The van der Waals surface area contributed by atoms with Gasteiger partial charge in [0.2, 0.25) is 0 Å². The Balaban J connectivity index is 2.35. The molecule has 0 saturated carbocycles. The van der Waals surface area contributed by atoms with Crippen molar-refractivity contribution in [2.24, 2.45) is 5.18 Å². The van der Waals surface area contributed by atoms with Crippen molar-refractivity contribution in [2.75, 3.05) is 0 Å². The van der Waals surface area contributed by atoms with Crippen LogP contribution in [0.2, 0.25) is 0 Å². The second kappa shape index (κ2) is 3.09. The van der Waals surface area contributed by atoms with E-state index >= 15 is 0 Å². The van der Waals surface area contributed by atoms with E-state index < -0.39 is 6.04 Å². The number of nitrogens with zero attached hydrogens (tertiary/aromatic N) is 5. The Bertz CT molecular complexity index is 331. The van der Waals surface area contributed by atoms with Gasteiger partial charge < -0.3 is 0 Å². The summed E-state index contributed by atoms with van der Waals surface area (Å²) in [6.45, 7) is 0. The zero-order valence-corrected chi connectivity index (χ0v) is 6.38. The van der Waals surface area contributed by atoms with Crippen molar-refractivity contribution < 1.29 is 0 Å². The van der Waals surface area contributed by atoms with Crippen LogP contribution in [-0.4, -0.2) is 30.8 Å². The van der Waals surface area contributed by atoms with Crippen LogP contribution in [0.15, 0.2) is 17.6 Å². The third-order valence-corrected chi connectivity index (χ3v) is 1.53. The number of aromatic amines is 2. The molecule has 8 nitrogen and oxygen atoms in total. The van der Waals surface area contributed by atoms with Crippen LogP contribution in [0.5, 0.6) is 0 Å². The molecule has 2 aromatic heterocycles. The maximum atomic E-state index is 10.5. The normalized spacial score (nSPS) is 10.5. The monoisotopic (exact) mass is 179 g/mol. The fourth-order valence-electron chi connectivity index (χ4n) is 0.944. The lowest BCUT2D eigenvalue weighted by Gasteiger charge is -1.97. The fraction of sp³-hybridized carbons (Fsp3) is 0.200. The molecular formula is C5H5N7O. The topological polar surface area (TPSA) is 113 Å². The minimum atomic E-state index is -0.752. The number of nitrogens with one attached hydrogen (secondary N) is 2. The SMILES string of the molecule is O=NC(c1cn[nH]n1)c1cn[nH]n1. The highest BCUT2D eigenvalue weighted by molar-refractivity contribution is 5.15. The second-order valence-electron chi connectivity index (χ2n) is 2.30. The number of rotatable bonds is 3. The summed E-state index contributed by atoms with van der Waals surface area (Å²) in [5.41, 5.74) is 0.841. The zero-order chi connectivity index (χ0) is 9.10. The van der Waals surface area contributed by atoms with Gasteiger partial charge in [0, 0.05) is 0 Å². The predicted octanol–water partition coefficient (Wildman–Crippen LogP) is -0.221. The third-order valence-electron chi connectivity index (χ3n) is 1.53. The van der Waals surface area contributed by atoms with Crippen LogP contribution >= 0.6 is 0 Å². The quantitative estimate of drug-likeness (QED) is 0.632. The van der Waals surface area contributed by atoms with E-state index in [1.54, 1.807) is 0 Å². The lowest BCUT2D eigenvalue weighted by atomic mass is 10.2. The molecule has 0 aliphatic heterocycles. The average molecular weight is 179 g/mol. The highest BCUT2D eigenvalue weighted by Gasteiger charge is 2.19. The van der Waals surface area contributed by atoms with Crippen LogP contribution in [0, 0.1) is 4.91 Å². The van der Waals surface area contributed by atoms with E-state index in [1.165, 1.54) is 12.4 Å². The summed E-state index contributed by atoms with van der Waals surface area (Å²) in [4.78, 5) is 10.5. The summed E-state index contributed by atoms with van der Waals surface area (Å²) in [7, 11) is 0. The first kappa shape index (κ1) is 7.53. The van der Waals surface area contributed by atoms with Gasteiger partial charge in [-0.25, -0.2) is 0 Å². The molecule has 2 aromatic rings. The third kappa shape index (κ3) is 1.28. The molecule has 0 aliphatic carbocycles. The lowest BCUT2D eigenvalue weighted by molar-refractivity contribution is 0.768. The Kier molecular flexibility index (Phi) is 1.79. The minimum absolute atomic E-state index is 0.420. The number of H-pyrrole nitrogens is 2. The highest BCUT2D eigenvalue weighted by Crippen LogP contribution is 2.19. The van der Waals surface area contributed by atoms with Crippen LogP contribution in [0.1, 0.15) is 17.4 Å². The molecule has 2 N–H and O–H groups in total. The number of hydrogen-bond acceptors (Lipinski definition) is 6. The summed E-state index contributed by atoms with van der Waals surface area (Å²) in [6.07, 6.45) is 2.83. The maximum absolute atomic E-state index is 10.5. The van der Waals surface area contributed by atoms with Crippen molar-refractivity contribution in [1.29, 1.82) is 0 Å². The van der Waals surface area contributed by atoms with Gasteiger partial charge >= 0.3 is 0 Å². The summed E-state index contributed by atoms with van der Waals surface area (Å²) in [5, 5.41) is 22.3. The van der Waals surface area contributed by atoms with Crippen LogP contribution in [0.25, 0.3) is 0 Å². The first-order chi connectivity index (χ1) is 6.42. The molecule has 0 bridgehead atoms. The standard InChI is InChI=1S/C5H5N7O/c13-10-5(3-1-6-11-8-3)4-2-7-12-9-4/h1-2,5H,(H,6,8,11)(H,7,9,12). The van der Waals surface area contributed by atoms with E-state index in [1.807, 2.05) is 0 Å². The van der Waals surface area contributed by atoms with Gasteiger partial charge in [-0.3, -0.25) is 0 Å². The molecular weight excluding hydrogens is 174 g/mol. The number of aromatic nitrogens is 6. The molecule has 2 rings (SSSR count). The van der Waals surface area contributed by atoms with E-state index in [-0.39, 0.29) is 0 Å². The molecule has 66 valence electrons. The smallest absolute Gasteiger partial charge is 0.182 e. The highest BCUT2D eigenvalue weighted by atomic mass is 16.3. The molecule has 0 fully saturated rings. The molecule has 0 aromatic carbocycles. The van der Waals surface area contributed by atoms with Crippen LogP contribution in [0.3, 0.4) is 0 Å². The summed E-state index contributed by atoms with van der Waals surface area (Å²) >= 11 is 0. The summed E-state index contributed by atoms with van der Waals surface area (Å²) in [5.74, 6) is 0. The summed E-state index contributed by atoms with van der Waals surface area (Å²) < 4.78 is 0. The van der Waals surface area contributed by atoms with Crippen molar-refractivity contribution in [3.05, 3.63) is 28.7 Å². The molecule has 13 heavy (non-hydrogen) atoms. The van der Waals surface area contributed by atoms with E-state index in [0.29, 0.717) is 11.4 Å². The maximum Gasteiger partial charge on any atom is 0.182 e. The molecule has 0 unspecified atom stereocenters. The van der Waals surface area contributed by atoms with E-state index in [4.69, 9.17) is 0 Å². The van der Waals surface area contributed by atoms with Gasteiger partial charge in [0.15, 0.2) is 6.04 Å². The van der Waals surface area contributed by atoms with Gasteiger partial charge in [-0.15, -0.1) is 4.91 Å². The molecule has 0 atom stereocenters. The zero-order valence-electron chi connectivity index (χ0n) is 6.38. The van der Waals surface area contributed by atoms with Gasteiger partial charge in [0.05, 0.1) is 12.4 Å². The van der Waals surface area contributed by atoms with Crippen LogP contribution in [-0.2, 0) is 0 Å². The number of hydrogen-bond donors (Lipinski definition) is 2. The Labute approximate surface area is 71.7 Å². The molecule has 0 saturated heterocycles. The van der Waals surface area contributed by atoms with Crippen molar-refractivity contribution in [2.45, 2.75) is 6.04 Å². The van der Waals surface area contributed by atoms with Crippen molar-refractivity contribution in [1.82, 2.24) is 30.8 Å². The first-order valence-electron chi connectivity index (χ1n) is 3.45. The predicted molar refractivity (Wildman–Crippen MR) is 40.4 cm³/mol. The fourth-order valence-corrected chi connectivity index (χ4v) is 0.944. The van der Waals surface area contributed by atoms with Gasteiger partial charge in [0.1, 0.15) is 11.4 Å². The molecule has 2 heterocycles. The van der Waals surface area contributed by atoms with Crippen molar-refractivity contribution >= 4 is 0 Å². The van der Waals surface area contributed by atoms with E-state index in [2.05, 4.69) is 36.0 Å². The second-order valence-corrected chi connectivity index (χ2v) is 2.30. The number of nitroso groups, excluding NO2 is 1. The molecule has 0 amide bonds. The first-order valence-corrected chi connectivity index (χ1v) is 3.45. The van der Waals surface area contributed by atoms with Gasteiger partial charge in [0.25, 0.3) is 0 Å². The van der Waals surface area contributed by atoms with Crippen molar-refractivity contribution in [3.8, 4) is 0 Å². The largest absolute Gasteiger partial charge is 0.198 e. The van der Waals surface area contributed by atoms with E-state index in [0.717, 1.165) is 0 Å². The Hall–Kier alpha value is -2.12. The molecule has 0 aliphatic rings. The van der Waals surface area contributed by atoms with Gasteiger partial charge in [-0.1, -0.05) is 5.18 Å². The summed E-state index contributed by atoms with van der Waals surface area (Å²) in [6, 6.07) is -0.752. The Morgan fingerprint density at radius 1 is 1.15 bits per heavy atom. The Morgan fingerprint density at radius 2 is 1.69 bits per heavy atom. The van der Waals surface area contributed by atoms with E-state index in [9.17, 15) is 4.91 Å². The van der Waals surface area contributed by atoms with Gasteiger partial charge in [-0.2, -0.15) is 30.8 Å². The minimum Gasteiger partial charge on any atom is -0.198 e. The Morgan fingerprint density at radius 3 is 2.00 bits per heavy atom. The van der Waals surface area contributed by atoms with Crippen molar-refractivity contribution in [3.63, 3.8) is 0 Å². The molecule has 0 radical (unpaired) electrons. The molecule has 0 spiro atoms. The van der Waals surface area contributed by atoms with Crippen LogP contribution in [0.4, 0.5) is 0 Å². The lowest BCUT2D eigenvalue weighted by Crippen LogP contribution is -1.98. The average Bonchev–Trinajstić information content (AvgIpc) is 2.76.